The Morgan fingerprint density at radius 3 is 2.53 bits per heavy atom. The SMILES string of the molecule is CCC1O[C@H](OC)[C@@H](N=[N+]=[N-])C(C)[C@@H]1C. The van der Waals surface area contributed by atoms with Crippen molar-refractivity contribution >= 4 is 0 Å². The maximum absolute atomic E-state index is 8.51. The van der Waals surface area contributed by atoms with Crippen LogP contribution in [-0.4, -0.2) is 25.5 Å². The molecule has 1 heterocycles. The van der Waals surface area contributed by atoms with Gasteiger partial charge in [0.05, 0.1) is 12.1 Å². The Bertz CT molecular complexity index is 251. The summed E-state index contributed by atoms with van der Waals surface area (Å²) in [5.41, 5.74) is 8.51. The Kier molecular flexibility index (Phi) is 4.39. The fraction of sp³-hybridized carbons (Fsp3) is 1.00. The van der Waals surface area contributed by atoms with Crippen LogP contribution < -0.4 is 0 Å². The third kappa shape index (κ3) is 2.43. The van der Waals surface area contributed by atoms with E-state index in [9.17, 15) is 0 Å². The first kappa shape index (κ1) is 12.3. The number of nitrogens with zero attached hydrogens (tertiary/aromatic N) is 3. The van der Waals surface area contributed by atoms with Crippen LogP contribution in [0.5, 0.6) is 0 Å². The first-order valence-corrected chi connectivity index (χ1v) is 5.38. The number of hydrogen-bond donors (Lipinski definition) is 0. The molecule has 1 saturated heterocycles. The van der Waals surface area contributed by atoms with Gasteiger partial charge in [-0.1, -0.05) is 25.9 Å². The molecular formula is C10H19N3O2. The molecule has 15 heavy (non-hydrogen) atoms. The predicted octanol–water partition coefficient (Wildman–Crippen LogP) is 2.72. The standard InChI is InChI=1S/C10H19N3O2/c1-5-8-6(2)7(3)9(12-13-11)10(14-4)15-8/h6-10H,5H2,1-4H3/t6-,7?,8?,9-,10-/m0/s1. The molecule has 0 aromatic heterocycles. The highest BCUT2D eigenvalue weighted by atomic mass is 16.7. The van der Waals surface area contributed by atoms with Crippen LogP contribution in [0.2, 0.25) is 0 Å². The molecule has 0 aliphatic carbocycles. The lowest BCUT2D eigenvalue weighted by atomic mass is 9.81. The van der Waals surface area contributed by atoms with Crippen molar-refractivity contribution in [3.8, 4) is 0 Å². The van der Waals surface area contributed by atoms with Gasteiger partial charge in [0.1, 0.15) is 0 Å². The van der Waals surface area contributed by atoms with Crippen molar-refractivity contribution in [1.29, 1.82) is 0 Å². The molecule has 5 atom stereocenters. The van der Waals surface area contributed by atoms with Crippen molar-refractivity contribution in [3.63, 3.8) is 0 Å². The third-order valence-corrected chi connectivity index (χ3v) is 3.36. The summed E-state index contributed by atoms with van der Waals surface area (Å²) < 4.78 is 11.0. The Morgan fingerprint density at radius 2 is 2.07 bits per heavy atom. The number of rotatable bonds is 3. The topological polar surface area (TPSA) is 67.2 Å². The van der Waals surface area contributed by atoms with Crippen LogP contribution in [0.3, 0.4) is 0 Å². The van der Waals surface area contributed by atoms with E-state index >= 15 is 0 Å². The highest BCUT2D eigenvalue weighted by Gasteiger charge is 2.40. The van der Waals surface area contributed by atoms with E-state index in [1.165, 1.54) is 0 Å². The fourth-order valence-electron chi connectivity index (χ4n) is 2.16. The molecule has 1 fully saturated rings. The number of methoxy groups -OCH3 is 1. The molecule has 5 heteroatoms. The molecule has 0 amide bonds. The molecular weight excluding hydrogens is 194 g/mol. The van der Waals surface area contributed by atoms with Gasteiger partial charge < -0.3 is 9.47 Å². The number of ether oxygens (including phenoxy) is 2. The van der Waals surface area contributed by atoms with E-state index in [0.29, 0.717) is 5.92 Å². The Balaban J connectivity index is 2.83. The molecule has 1 aliphatic rings. The third-order valence-electron chi connectivity index (χ3n) is 3.36. The van der Waals surface area contributed by atoms with Gasteiger partial charge in [-0.2, -0.15) is 0 Å². The van der Waals surface area contributed by atoms with Crippen molar-refractivity contribution in [1.82, 2.24) is 0 Å². The van der Waals surface area contributed by atoms with Crippen LogP contribution in [0.25, 0.3) is 10.4 Å². The van der Waals surface area contributed by atoms with E-state index in [1.807, 2.05) is 0 Å². The van der Waals surface area contributed by atoms with Crippen LogP contribution in [0.15, 0.2) is 5.11 Å². The monoisotopic (exact) mass is 213 g/mol. The lowest BCUT2D eigenvalue weighted by Gasteiger charge is -2.42. The van der Waals surface area contributed by atoms with Gasteiger partial charge in [-0.15, -0.1) is 0 Å². The molecule has 0 bridgehead atoms. The average Bonchev–Trinajstić information content (AvgIpc) is 2.25. The molecule has 1 aliphatic heterocycles. The molecule has 5 nitrogen and oxygen atoms in total. The van der Waals surface area contributed by atoms with Crippen molar-refractivity contribution in [3.05, 3.63) is 10.4 Å². The van der Waals surface area contributed by atoms with Crippen LogP contribution in [-0.2, 0) is 9.47 Å². The van der Waals surface area contributed by atoms with Gasteiger partial charge in [0.2, 0.25) is 0 Å². The van der Waals surface area contributed by atoms with Gasteiger partial charge in [-0.05, 0) is 23.8 Å². The Hall–Kier alpha value is -0.770. The highest BCUT2D eigenvalue weighted by molar-refractivity contribution is 4.88. The normalized spacial score (nSPS) is 40.9. The zero-order valence-corrected chi connectivity index (χ0v) is 9.75. The highest BCUT2D eigenvalue weighted by Crippen LogP contribution is 2.34. The van der Waals surface area contributed by atoms with Gasteiger partial charge in [0.15, 0.2) is 6.29 Å². The summed E-state index contributed by atoms with van der Waals surface area (Å²) in [5, 5.41) is 3.77. The maximum atomic E-state index is 8.51. The quantitative estimate of drug-likeness (QED) is 0.411. The van der Waals surface area contributed by atoms with Gasteiger partial charge in [0.25, 0.3) is 0 Å². The molecule has 0 aromatic rings. The minimum Gasteiger partial charge on any atom is -0.355 e. The minimum atomic E-state index is -0.406. The van der Waals surface area contributed by atoms with Crippen LogP contribution in [0, 0.1) is 11.8 Å². The smallest absolute Gasteiger partial charge is 0.166 e. The zero-order chi connectivity index (χ0) is 11.4. The summed E-state index contributed by atoms with van der Waals surface area (Å²) in [6.07, 6.45) is 0.737. The Morgan fingerprint density at radius 1 is 1.40 bits per heavy atom. The van der Waals surface area contributed by atoms with Crippen LogP contribution >= 0.6 is 0 Å². The summed E-state index contributed by atoms with van der Waals surface area (Å²) in [7, 11) is 1.58. The van der Waals surface area contributed by atoms with Gasteiger partial charge in [0, 0.05) is 12.0 Å². The van der Waals surface area contributed by atoms with E-state index in [4.69, 9.17) is 15.0 Å². The molecule has 86 valence electrons. The lowest BCUT2D eigenvalue weighted by molar-refractivity contribution is -0.219. The summed E-state index contributed by atoms with van der Waals surface area (Å²) in [4.78, 5) is 2.86. The second-order valence-electron chi connectivity index (χ2n) is 4.10. The second-order valence-corrected chi connectivity index (χ2v) is 4.10. The van der Waals surface area contributed by atoms with E-state index in [1.54, 1.807) is 7.11 Å². The largest absolute Gasteiger partial charge is 0.355 e. The summed E-state index contributed by atoms with van der Waals surface area (Å²) >= 11 is 0. The average molecular weight is 213 g/mol. The number of hydrogen-bond acceptors (Lipinski definition) is 3. The van der Waals surface area contributed by atoms with Gasteiger partial charge in [-0.25, -0.2) is 0 Å². The van der Waals surface area contributed by atoms with Crippen molar-refractivity contribution in [2.75, 3.05) is 7.11 Å². The minimum absolute atomic E-state index is 0.190. The van der Waals surface area contributed by atoms with Crippen molar-refractivity contribution in [2.45, 2.75) is 45.6 Å². The zero-order valence-electron chi connectivity index (χ0n) is 9.75. The van der Waals surface area contributed by atoms with Crippen molar-refractivity contribution < 1.29 is 9.47 Å². The van der Waals surface area contributed by atoms with E-state index in [-0.39, 0.29) is 18.1 Å². The van der Waals surface area contributed by atoms with Crippen LogP contribution in [0.1, 0.15) is 27.2 Å². The summed E-state index contributed by atoms with van der Waals surface area (Å²) in [6, 6.07) is -0.224. The summed E-state index contributed by atoms with van der Waals surface area (Å²) in [6.45, 7) is 6.31. The summed E-state index contributed by atoms with van der Waals surface area (Å²) in [5.74, 6) is 0.668. The fourth-order valence-corrected chi connectivity index (χ4v) is 2.16. The molecule has 0 aromatic carbocycles. The van der Waals surface area contributed by atoms with Crippen LogP contribution in [0.4, 0.5) is 0 Å². The lowest BCUT2D eigenvalue weighted by Crippen LogP contribution is -2.48. The predicted molar refractivity (Wildman–Crippen MR) is 57.2 cm³/mol. The van der Waals surface area contributed by atoms with Gasteiger partial charge in [-0.3, -0.25) is 0 Å². The molecule has 0 N–H and O–H groups in total. The first-order chi connectivity index (χ1) is 7.15. The molecule has 1 rings (SSSR count). The van der Waals surface area contributed by atoms with Gasteiger partial charge >= 0.3 is 0 Å². The maximum Gasteiger partial charge on any atom is 0.166 e. The molecule has 0 radical (unpaired) electrons. The second kappa shape index (κ2) is 5.35. The van der Waals surface area contributed by atoms with Crippen molar-refractivity contribution in [2.24, 2.45) is 17.0 Å². The molecule has 2 unspecified atom stereocenters. The Labute approximate surface area is 90.4 Å². The molecule has 0 spiro atoms. The van der Waals surface area contributed by atoms with E-state index in [0.717, 1.165) is 6.42 Å². The number of azide groups is 1. The molecule has 0 saturated carbocycles. The van der Waals surface area contributed by atoms with E-state index < -0.39 is 6.29 Å². The first-order valence-electron chi connectivity index (χ1n) is 5.38. The van der Waals surface area contributed by atoms with E-state index in [2.05, 4.69) is 30.8 Å².